The van der Waals surface area contributed by atoms with Gasteiger partial charge in [-0.3, -0.25) is 9.89 Å². The van der Waals surface area contributed by atoms with Gasteiger partial charge in [0.2, 0.25) is 4.77 Å². The molecule has 0 fully saturated rings. The van der Waals surface area contributed by atoms with Gasteiger partial charge in [0, 0.05) is 0 Å². The highest BCUT2D eigenvalue weighted by Gasteiger charge is 2.13. The SMILES string of the molecule is CC[C@H](Nn1c(=S)[nH]nc(C)c1=O)c1ccccc1C. The van der Waals surface area contributed by atoms with Gasteiger partial charge in [0.15, 0.2) is 0 Å². The first-order valence-corrected chi connectivity index (χ1v) is 6.95. The Kier molecular flexibility index (Phi) is 4.34. The molecule has 1 aromatic heterocycles. The number of aromatic nitrogens is 3. The summed E-state index contributed by atoms with van der Waals surface area (Å²) < 4.78 is 1.63. The topological polar surface area (TPSA) is 62.7 Å². The van der Waals surface area contributed by atoms with Crippen LogP contribution in [0.25, 0.3) is 0 Å². The number of hydrogen-bond donors (Lipinski definition) is 2. The van der Waals surface area contributed by atoms with Crippen molar-refractivity contribution in [3.8, 4) is 0 Å². The van der Waals surface area contributed by atoms with Gasteiger partial charge >= 0.3 is 0 Å². The summed E-state index contributed by atoms with van der Waals surface area (Å²) in [5.41, 5.74) is 5.69. The van der Waals surface area contributed by atoms with E-state index in [4.69, 9.17) is 12.2 Å². The Morgan fingerprint density at radius 3 is 2.75 bits per heavy atom. The van der Waals surface area contributed by atoms with Crippen molar-refractivity contribution in [2.75, 3.05) is 5.43 Å². The molecule has 2 rings (SSSR count). The lowest BCUT2D eigenvalue weighted by Gasteiger charge is -2.21. The zero-order chi connectivity index (χ0) is 14.7. The lowest BCUT2D eigenvalue weighted by molar-refractivity contribution is 0.609. The Hall–Kier alpha value is -1.95. The molecule has 20 heavy (non-hydrogen) atoms. The van der Waals surface area contributed by atoms with Crippen LogP contribution in [0.5, 0.6) is 0 Å². The van der Waals surface area contributed by atoms with Crippen molar-refractivity contribution in [2.45, 2.75) is 33.2 Å². The van der Waals surface area contributed by atoms with Gasteiger partial charge in [-0.2, -0.15) is 9.77 Å². The van der Waals surface area contributed by atoms with Gasteiger partial charge in [-0.25, -0.2) is 0 Å². The summed E-state index contributed by atoms with van der Waals surface area (Å²) in [6.45, 7) is 5.78. The monoisotopic (exact) mass is 290 g/mol. The summed E-state index contributed by atoms with van der Waals surface area (Å²) in [5, 5.41) is 6.53. The third-order valence-corrected chi connectivity index (χ3v) is 3.57. The summed E-state index contributed by atoms with van der Waals surface area (Å²) in [6, 6.07) is 8.13. The maximum Gasteiger partial charge on any atom is 0.294 e. The predicted molar refractivity (Wildman–Crippen MR) is 82.0 cm³/mol. The highest BCUT2D eigenvalue weighted by atomic mass is 32.1. The van der Waals surface area contributed by atoms with Crippen LogP contribution in [-0.4, -0.2) is 14.9 Å². The van der Waals surface area contributed by atoms with Crippen molar-refractivity contribution in [3.63, 3.8) is 0 Å². The van der Waals surface area contributed by atoms with Crippen LogP contribution in [0.15, 0.2) is 29.1 Å². The second-order valence-electron chi connectivity index (χ2n) is 4.70. The van der Waals surface area contributed by atoms with Gasteiger partial charge in [-0.15, -0.1) is 0 Å². The fraction of sp³-hybridized carbons (Fsp3) is 0.357. The predicted octanol–water partition coefficient (Wildman–Crippen LogP) is 2.61. The molecule has 106 valence electrons. The molecule has 1 aromatic carbocycles. The Labute approximate surface area is 122 Å². The van der Waals surface area contributed by atoms with Crippen molar-refractivity contribution in [1.29, 1.82) is 0 Å². The summed E-state index contributed by atoms with van der Waals surface area (Å²) >= 11 is 5.13. The van der Waals surface area contributed by atoms with Gasteiger partial charge in [-0.05, 0) is 43.6 Å². The van der Waals surface area contributed by atoms with Crippen LogP contribution < -0.4 is 11.0 Å². The second-order valence-corrected chi connectivity index (χ2v) is 5.09. The second kappa shape index (κ2) is 6.00. The molecule has 0 aliphatic rings. The Bertz CT molecular complexity index is 720. The molecule has 0 amide bonds. The van der Waals surface area contributed by atoms with Crippen LogP contribution in [0.2, 0.25) is 0 Å². The van der Waals surface area contributed by atoms with Crippen molar-refractivity contribution in [1.82, 2.24) is 14.9 Å². The van der Waals surface area contributed by atoms with E-state index in [0.717, 1.165) is 12.0 Å². The molecule has 0 bridgehead atoms. The lowest BCUT2D eigenvalue weighted by atomic mass is 10.0. The van der Waals surface area contributed by atoms with E-state index in [2.05, 4.69) is 41.6 Å². The van der Waals surface area contributed by atoms with Gasteiger partial charge in [0.25, 0.3) is 5.56 Å². The number of aryl methyl sites for hydroxylation is 2. The Morgan fingerprint density at radius 1 is 1.40 bits per heavy atom. The molecule has 0 saturated heterocycles. The van der Waals surface area contributed by atoms with Crippen molar-refractivity contribution in [3.05, 3.63) is 56.2 Å². The quantitative estimate of drug-likeness (QED) is 0.850. The molecule has 0 radical (unpaired) electrons. The summed E-state index contributed by atoms with van der Waals surface area (Å²) in [4.78, 5) is 12.1. The number of H-pyrrole nitrogens is 1. The first-order valence-electron chi connectivity index (χ1n) is 6.55. The van der Waals surface area contributed by atoms with E-state index in [-0.39, 0.29) is 16.4 Å². The zero-order valence-electron chi connectivity index (χ0n) is 11.8. The lowest BCUT2D eigenvalue weighted by Crippen LogP contribution is -2.35. The minimum atomic E-state index is -0.221. The number of nitrogens with zero attached hydrogens (tertiary/aromatic N) is 2. The molecular formula is C14H18N4OS. The van der Waals surface area contributed by atoms with Crippen LogP contribution in [0, 0.1) is 18.6 Å². The van der Waals surface area contributed by atoms with Crippen LogP contribution >= 0.6 is 12.2 Å². The van der Waals surface area contributed by atoms with E-state index in [1.807, 2.05) is 12.1 Å². The Balaban J connectivity index is 2.42. The van der Waals surface area contributed by atoms with Crippen molar-refractivity contribution in [2.24, 2.45) is 0 Å². The molecule has 0 spiro atoms. The number of nitrogens with one attached hydrogen (secondary N) is 2. The first-order chi connectivity index (χ1) is 9.54. The normalized spacial score (nSPS) is 12.2. The molecule has 0 aliphatic heterocycles. The molecule has 2 aromatic rings. The zero-order valence-corrected chi connectivity index (χ0v) is 12.6. The first kappa shape index (κ1) is 14.5. The van der Waals surface area contributed by atoms with Crippen molar-refractivity contribution < 1.29 is 0 Å². The fourth-order valence-corrected chi connectivity index (χ4v) is 2.30. The molecule has 1 atom stereocenters. The van der Waals surface area contributed by atoms with Crippen LogP contribution in [0.3, 0.4) is 0 Å². The third-order valence-electron chi connectivity index (χ3n) is 3.29. The van der Waals surface area contributed by atoms with E-state index in [1.54, 1.807) is 6.92 Å². The molecule has 5 nitrogen and oxygen atoms in total. The highest BCUT2D eigenvalue weighted by Crippen LogP contribution is 2.20. The number of benzene rings is 1. The van der Waals surface area contributed by atoms with Gasteiger partial charge in [0.05, 0.1) is 6.04 Å². The molecule has 0 aliphatic carbocycles. The summed E-state index contributed by atoms with van der Waals surface area (Å²) in [6.07, 6.45) is 0.841. The Morgan fingerprint density at radius 2 is 2.10 bits per heavy atom. The maximum absolute atomic E-state index is 12.1. The molecule has 6 heteroatoms. The summed E-state index contributed by atoms with van der Waals surface area (Å²) in [5.74, 6) is 0. The fourth-order valence-electron chi connectivity index (χ4n) is 2.12. The van der Waals surface area contributed by atoms with E-state index in [9.17, 15) is 4.79 Å². The average molecular weight is 290 g/mol. The van der Waals surface area contributed by atoms with E-state index in [1.165, 1.54) is 10.2 Å². The van der Waals surface area contributed by atoms with E-state index >= 15 is 0 Å². The van der Waals surface area contributed by atoms with Crippen molar-refractivity contribution >= 4 is 12.2 Å². The minimum Gasteiger partial charge on any atom is -0.313 e. The van der Waals surface area contributed by atoms with E-state index < -0.39 is 0 Å². The molecule has 0 unspecified atom stereocenters. The molecule has 1 heterocycles. The summed E-state index contributed by atoms with van der Waals surface area (Å²) in [7, 11) is 0. The molecular weight excluding hydrogens is 272 g/mol. The smallest absolute Gasteiger partial charge is 0.294 e. The number of rotatable bonds is 4. The average Bonchev–Trinajstić information content (AvgIpc) is 2.45. The highest BCUT2D eigenvalue weighted by molar-refractivity contribution is 7.71. The number of aromatic amines is 1. The number of hydrogen-bond acceptors (Lipinski definition) is 4. The van der Waals surface area contributed by atoms with Crippen LogP contribution in [0.4, 0.5) is 0 Å². The largest absolute Gasteiger partial charge is 0.313 e. The van der Waals surface area contributed by atoms with Gasteiger partial charge < -0.3 is 5.43 Å². The molecule has 2 N–H and O–H groups in total. The molecule has 0 saturated carbocycles. The standard InChI is InChI=1S/C14H18N4OS/c1-4-12(11-8-6-5-7-9(11)2)17-18-13(19)10(3)15-16-14(18)20/h5-8,12,17H,4H2,1-3H3,(H,16,20)/t12-/m0/s1. The van der Waals surface area contributed by atoms with Gasteiger partial charge in [0.1, 0.15) is 5.69 Å². The van der Waals surface area contributed by atoms with Gasteiger partial charge in [-0.1, -0.05) is 31.2 Å². The minimum absolute atomic E-state index is 0.0193. The third kappa shape index (κ3) is 2.80. The van der Waals surface area contributed by atoms with E-state index in [0.29, 0.717) is 5.69 Å². The van der Waals surface area contributed by atoms with Crippen LogP contribution in [0.1, 0.15) is 36.2 Å². The maximum atomic E-state index is 12.1. The van der Waals surface area contributed by atoms with Crippen LogP contribution in [-0.2, 0) is 0 Å².